The van der Waals surface area contributed by atoms with Crippen LogP contribution in [0, 0.1) is 11.7 Å². The van der Waals surface area contributed by atoms with Gasteiger partial charge < -0.3 is 10.1 Å². The molecule has 1 atom stereocenters. The van der Waals surface area contributed by atoms with E-state index >= 15 is 0 Å². The molecule has 0 aliphatic heterocycles. The van der Waals surface area contributed by atoms with Crippen LogP contribution >= 0.6 is 0 Å². The van der Waals surface area contributed by atoms with Crippen molar-refractivity contribution < 1.29 is 13.9 Å². The van der Waals surface area contributed by atoms with Crippen molar-refractivity contribution in [1.82, 2.24) is 0 Å². The molecule has 0 spiro atoms. The number of nitrogens with one attached hydrogen (secondary N) is 1. The van der Waals surface area contributed by atoms with Gasteiger partial charge in [-0.1, -0.05) is 6.92 Å². The largest absolute Gasteiger partial charge is 0.465 e. The Balaban J connectivity index is 2.17. The highest BCUT2D eigenvalue weighted by Gasteiger charge is 2.30. The maximum atomic E-state index is 13.7. The number of esters is 1. The fourth-order valence-corrected chi connectivity index (χ4v) is 2.13. The second kappa shape index (κ2) is 5.38. The van der Waals surface area contributed by atoms with Gasteiger partial charge in [-0.15, -0.1) is 0 Å². The molecule has 0 heterocycles. The number of hydrogen-bond acceptors (Lipinski definition) is 3. The lowest BCUT2D eigenvalue weighted by Gasteiger charge is -2.18. The number of carbonyl (C=O) groups is 1. The third-order valence-corrected chi connectivity index (χ3v) is 3.36. The third kappa shape index (κ3) is 2.81. The van der Waals surface area contributed by atoms with Gasteiger partial charge in [0.2, 0.25) is 0 Å². The first-order chi connectivity index (χ1) is 8.65. The SMILES string of the molecule is CCC(Nc1cc(C(=O)OC)ccc1F)C1CC1. The van der Waals surface area contributed by atoms with Crippen molar-refractivity contribution >= 4 is 11.7 Å². The minimum atomic E-state index is -0.447. The van der Waals surface area contributed by atoms with Gasteiger partial charge in [-0.3, -0.25) is 0 Å². The molecule has 0 amide bonds. The number of ether oxygens (including phenoxy) is 1. The molecule has 0 bridgehead atoms. The van der Waals surface area contributed by atoms with Crippen LogP contribution in [0.5, 0.6) is 0 Å². The molecule has 1 N–H and O–H groups in total. The van der Waals surface area contributed by atoms with Gasteiger partial charge in [0.15, 0.2) is 0 Å². The quantitative estimate of drug-likeness (QED) is 0.817. The number of halogens is 1. The summed E-state index contributed by atoms with van der Waals surface area (Å²) in [5.74, 6) is -0.143. The number of hydrogen-bond donors (Lipinski definition) is 1. The molecule has 1 aliphatic carbocycles. The maximum Gasteiger partial charge on any atom is 0.337 e. The van der Waals surface area contributed by atoms with Gasteiger partial charge in [-0.05, 0) is 43.4 Å². The van der Waals surface area contributed by atoms with Crippen molar-refractivity contribution in [2.45, 2.75) is 32.2 Å². The summed E-state index contributed by atoms with van der Waals surface area (Å²) in [6, 6.07) is 4.54. The van der Waals surface area contributed by atoms with Crippen LogP contribution in [0.4, 0.5) is 10.1 Å². The smallest absolute Gasteiger partial charge is 0.337 e. The Morgan fingerprint density at radius 1 is 1.56 bits per heavy atom. The standard InChI is InChI=1S/C14H18FNO2/c1-3-12(9-4-5-9)16-13-8-10(14(17)18-2)6-7-11(13)15/h6-9,12,16H,3-5H2,1-2H3. The van der Waals surface area contributed by atoms with Crippen LogP contribution in [-0.4, -0.2) is 19.1 Å². The number of benzene rings is 1. The lowest BCUT2D eigenvalue weighted by molar-refractivity contribution is 0.0600. The van der Waals surface area contributed by atoms with E-state index in [1.165, 1.54) is 38.2 Å². The van der Waals surface area contributed by atoms with E-state index in [0.717, 1.165) is 6.42 Å². The van der Waals surface area contributed by atoms with Gasteiger partial charge in [0.05, 0.1) is 18.4 Å². The van der Waals surface area contributed by atoms with Crippen molar-refractivity contribution in [2.75, 3.05) is 12.4 Å². The van der Waals surface area contributed by atoms with Crippen LogP contribution in [0.25, 0.3) is 0 Å². The average molecular weight is 251 g/mol. The van der Waals surface area contributed by atoms with Crippen molar-refractivity contribution in [3.8, 4) is 0 Å². The minimum absolute atomic E-state index is 0.285. The summed E-state index contributed by atoms with van der Waals surface area (Å²) >= 11 is 0. The van der Waals surface area contributed by atoms with Gasteiger partial charge in [0, 0.05) is 6.04 Å². The summed E-state index contributed by atoms with van der Waals surface area (Å²) in [5.41, 5.74) is 0.753. The van der Waals surface area contributed by atoms with E-state index in [2.05, 4.69) is 17.0 Å². The topological polar surface area (TPSA) is 38.3 Å². The Morgan fingerprint density at radius 3 is 2.83 bits per heavy atom. The van der Waals surface area contributed by atoms with Gasteiger partial charge in [-0.25, -0.2) is 9.18 Å². The molecule has 1 fully saturated rings. The molecular weight excluding hydrogens is 233 g/mol. The first kappa shape index (κ1) is 12.9. The second-order valence-electron chi connectivity index (χ2n) is 4.68. The predicted octanol–water partition coefficient (Wildman–Crippen LogP) is 3.21. The fourth-order valence-electron chi connectivity index (χ4n) is 2.13. The van der Waals surface area contributed by atoms with Crippen LogP contribution < -0.4 is 5.32 Å². The van der Waals surface area contributed by atoms with Gasteiger partial charge in [-0.2, -0.15) is 0 Å². The summed E-state index contributed by atoms with van der Waals surface area (Å²) in [7, 11) is 1.32. The lowest BCUT2D eigenvalue weighted by atomic mass is 10.1. The first-order valence-corrected chi connectivity index (χ1v) is 6.30. The Kier molecular flexibility index (Phi) is 3.84. The molecule has 4 heteroatoms. The summed E-state index contributed by atoms with van der Waals surface area (Å²) in [6.45, 7) is 2.08. The molecule has 1 aromatic rings. The van der Waals surface area contributed by atoms with Crippen molar-refractivity contribution in [2.24, 2.45) is 5.92 Å². The number of carbonyl (C=O) groups excluding carboxylic acids is 1. The van der Waals surface area contributed by atoms with E-state index < -0.39 is 5.97 Å². The lowest BCUT2D eigenvalue weighted by Crippen LogP contribution is -2.21. The van der Waals surface area contributed by atoms with Crippen molar-refractivity contribution in [3.63, 3.8) is 0 Å². The number of methoxy groups -OCH3 is 1. The molecule has 1 unspecified atom stereocenters. The number of anilines is 1. The van der Waals surface area contributed by atoms with Gasteiger partial charge in [0.25, 0.3) is 0 Å². The van der Waals surface area contributed by atoms with E-state index in [0.29, 0.717) is 17.2 Å². The summed E-state index contributed by atoms with van der Waals surface area (Å²) in [5, 5.41) is 3.20. The Labute approximate surface area is 106 Å². The molecule has 98 valence electrons. The Hall–Kier alpha value is -1.58. The fraction of sp³-hybridized carbons (Fsp3) is 0.500. The molecule has 18 heavy (non-hydrogen) atoms. The summed E-state index contributed by atoms with van der Waals surface area (Å²) in [6.07, 6.45) is 3.35. The van der Waals surface area contributed by atoms with E-state index in [4.69, 9.17) is 0 Å². The molecule has 0 radical (unpaired) electrons. The molecule has 1 aromatic carbocycles. The highest BCUT2D eigenvalue weighted by Crippen LogP contribution is 2.36. The molecule has 1 saturated carbocycles. The van der Waals surface area contributed by atoms with E-state index in [-0.39, 0.29) is 11.9 Å². The summed E-state index contributed by atoms with van der Waals surface area (Å²) < 4.78 is 18.3. The van der Waals surface area contributed by atoms with Gasteiger partial charge >= 0.3 is 5.97 Å². The molecule has 1 aliphatic rings. The number of rotatable bonds is 5. The van der Waals surface area contributed by atoms with Crippen LogP contribution in [0.3, 0.4) is 0 Å². The van der Waals surface area contributed by atoms with E-state index in [9.17, 15) is 9.18 Å². The highest BCUT2D eigenvalue weighted by atomic mass is 19.1. The van der Waals surface area contributed by atoms with Crippen LogP contribution in [0.2, 0.25) is 0 Å². The van der Waals surface area contributed by atoms with Gasteiger partial charge in [0.1, 0.15) is 5.82 Å². The molecule has 0 aromatic heterocycles. The van der Waals surface area contributed by atoms with Crippen molar-refractivity contribution in [3.05, 3.63) is 29.6 Å². The highest BCUT2D eigenvalue weighted by molar-refractivity contribution is 5.90. The summed E-state index contributed by atoms with van der Waals surface area (Å²) in [4.78, 5) is 11.4. The monoisotopic (exact) mass is 251 g/mol. The molecule has 0 saturated heterocycles. The molecule has 3 nitrogen and oxygen atoms in total. The predicted molar refractivity (Wildman–Crippen MR) is 68.2 cm³/mol. The average Bonchev–Trinajstić information content (AvgIpc) is 3.21. The van der Waals surface area contributed by atoms with E-state index in [1.54, 1.807) is 0 Å². The van der Waals surface area contributed by atoms with Crippen LogP contribution in [0.1, 0.15) is 36.5 Å². The zero-order valence-corrected chi connectivity index (χ0v) is 10.7. The van der Waals surface area contributed by atoms with Crippen LogP contribution in [-0.2, 0) is 4.74 Å². The zero-order chi connectivity index (χ0) is 13.1. The Bertz CT molecular complexity index is 443. The Morgan fingerprint density at radius 2 is 2.28 bits per heavy atom. The minimum Gasteiger partial charge on any atom is -0.465 e. The second-order valence-corrected chi connectivity index (χ2v) is 4.68. The van der Waals surface area contributed by atoms with E-state index in [1.807, 2.05) is 0 Å². The van der Waals surface area contributed by atoms with Crippen molar-refractivity contribution in [1.29, 1.82) is 0 Å². The molecule has 2 rings (SSSR count). The van der Waals surface area contributed by atoms with Crippen LogP contribution in [0.15, 0.2) is 18.2 Å². The molecular formula is C14H18FNO2. The normalized spacial score (nSPS) is 16.2. The zero-order valence-electron chi connectivity index (χ0n) is 10.7. The maximum absolute atomic E-state index is 13.7. The third-order valence-electron chi connectivity index (χ3n) is 3.36. The first-order valence-electron chi connectivity index (χ1n) is 6.30.